The summed E-state index contributed by atoms with van der Waals surface area (Å²) in [7, 11) is 0. The Morgan fingerprint density at radius 1 is 1.14 bits per heavy atom. The van der Waals surface area contributed by atoms with Crippen LogP contribution in [0.2, 0.25) is 0 Å². The first-order chi connectivity index (χ1) is 17.2. The van der Waals surface area contributed by atoms with Gasteiger partial charge in [0, 0.05) is 53.1 Å². The van der Waals surface area contributed by atoms with Gasteiger partial charge in [-0.1, -0.05) is 11.2 Å². The molecule has 1 fully saturated rings. The van der Waals surface area contributed by atoms with E-state index in [1.807, 2.05) is 53.4 Å². The molecule has 4 heterocycles. The highest BCUT2D eigenvalue weighted by atomic mass is 16.5. The first-order valence-corrected chi connectivity index (χ1v) is 11.6. The molecule has 35 heavy (non-hydrogen) atoms. The summed E-state index contributed by atoms with van der Waals surface area (Å²) < 4.78 is 7.76. The largest absolute Gasteiger partial charge is 0.487 e. The normalized spacial score (nSPS) is 15.6. The minimum Gasteiger partial charge on any atom is -0.487 e. The van der Waals surface area contributed by atoms with E-state index >= 15 is 0 Å². The SMILES string of the molecule is [N-]=[N+]=NCOc1ccc2c(c1)NC1(CCN(C(=O)c3ccc4ncccc4c3)CC1)c1cccn1-2. The monoisotopic (exact) mass is 465 g/mol. The number of fused-ring (bicyclic) bond motifs is 5. The number of anilines is 1. The van der Waals surface area contributed by atoms with Crippen LogP contribution in [0.15, 0.2) is 78.2 Å². The summed E-state index contributed by atoms with van der Waals surface area (Å²) in [5.74, 6) is 0.679. The van der Waals surface area contributed by atoms with Gasteiger partial charge in [0.15, 0.2) is 6.73 Å². The molecule has 0 aliphatic carbocycles. The third-order valence-electron chi connectivity index (χ3n) is 6.95. The average Bonchev–Trinajstić information content (AvgIpc) is 3.40. The number of benzene rings is 2. The van der Waals surface area contributed by atoms with Crippen molar-refractivity contribution < 1.29 is 9.53 Å². The third kappa shape index (κ3) is 3.62. The number of aromatic nitrogens is 2. The highest BCUT2D eigenvalue weighted by molar-refractivity contribution is 5.98. The minimum absolute atomic E-state index is 0.0472. The van der Waals surface area contributed by atoms with E-state index < -0.39 is 0 Å². The molecule has 0 atom stereocenters. The number of carbonyl (C=O) groups is 1. The topological polar surface area (TPSA) is 108 Å². The van der Waals surface area contributed by atoms with Crippen LogP contribution in [0.25, 0.3) is 27.0 Å². The van der Waals surface area contributed by atoms with Crippen molar-refractivity contribution in [3.8, 4) is 11.4 Å². The van der Waals surface area contributed by atoms with Crippen LogP contribution in [-0.2, 0) is 5.54 Å². The van der Waals surface area contributed by atoms with Crippen molar-refractivity contribution in [3.05, 3.63) is 94.8 Å². The van der Waals surface area contributed by atoms with E-state index in [0.29, 0.717) is 24.4 Å². The number of carbonyl (C=O) groups excluding carboxylic acids is 1. The molecule has 2 aliphatic rings. The maximum absolute atomic E-state index is 13.3. The predicted molar refractivity (Wildman–Crippen MR) is 133 cm³/mol. The third-order valence-corrected chi connectivity index (χ3v) is 6.95. The van der Waals surface area contributed by atoms with Gasteiger partial charge < -0.3 is 19.5 Å². The molecule has 9 heteroatoms. The van der Waals surface area contributed by atoms with Crippen molar-refractivity contribution in [3.63, 3.8) is 0 Å². The number of nitrogens with zero attached hydrogens (tertiary/aromatic N) is 6. The molecule has 174 valence electrons. The Morgan fingerprint density at radius 2 is 2.03 bits per heavy atom. The highest BCUT2D eigenvalue weighted by Gasteiger charge is 2.42. The van der Waals surface area contributed by atoms with Gasteiger partial charge in [-0.15, -0.1) is 0 Å². The zero-order chi connectivity index (χ0) is 23.8. The number of pyridine rings is 1. The second-order valence-electron chi connectivity index (χ2n) is 8.86. The lowest BCUT2D eigenvalue weighted by molar-refractivity contribution is 0.0676. The van der Waals surface area contributed by atoms with Crippen LogP contribution in [0.4, 0.5) is 5.69 Å². The van der Waals surface area contributed by atoms with Crippen LogP contribution in [0.1, 0.15) is 28.9 Å². The number of amides is 1. The standard InChI is InChI=1S/C26H23N7O2/c27-31-29-17-35-20-6-8-23-22(16-20)30-26(24-4-2-12-33(23)24)9-13-32(14-10-26)25(34)19-5-7-21-18(15-19)3-1-11-28-21/h1-8,11-12,15-16,30H,9-10,13-14,17H2. The Bertz CT molecular complexity index is 1480. The van der Waals surface area contributed by atoms with Crippen LogP contribution in [-0.4, -0.2) is 40.2 Å². The van der Waals surface area contributed by atoms with Crippen LogP contribution in [0, 0.1) is 0 Å². The summed E-state index contributed by atoms with van der Waals surface area (Å²) >= 11 is 0. The summed E-state index contributed by atoms with van der Waals surface area (Å²) in [6.07, 6.45) is 5.38. The molecule has 4 aromatic rings. The van der Waals surface area contributed by atoms with Crippen LogP contribution in [0.5, 0.6) is 5.75 Å². The lowest BCUT2D eigenvalue weighted by atomic mass is 9.82. The Morgan fingerprint density at radius 3 is 2.89 bits per heavy atom. The number of hydrogen-bond donors (Lipinski definition) is 1. The maximum Gasteiger partial charge on any atom is 0.253 e. The average molecular weight is 466 g/mol. The zero-order valence-electron chi connectivity index (χ0n) is 19.0. The predicted octanol–water partition coefficient (Wildman–Crippen LogP) is 5.23. The molecule has 0 saturated carbocycles. The number of rotatable bonds is 4. The van der Waals surface area contributed by atoms with E-state index in [1.165, 1.54) is 5.69 Å². The van der Waals surface area contributed by atoms with E-state index in [-0.39, 0.29) is 18.2 Å². The van der Waals surface area contributed by atoms with Gasteiger partial charge in [0.25, 0.3) is 5.91 Å². The molecule has 1 amide bonds. The van der Waals surface area contributed by atoms with E-state index in [9.17, 15) is 4.79 Å². The lowest BCUT2D eigenvalue weighted by Crippen LogP contribution is -2.51. The van der Waals surface area contributed by atoms with Gasteiger partial charge in [-0.3, -0.25) is 9.78 Å². The minimum atomic E-state index is -0.288. The quantitative estimate of drug-likeness (QED) is 0.253. The Kier molecular flexibility index (Phi) is 5.04. The van der Waals surface area contributed by atoms with Crippen molar-refractivity contribution >= 4 is 22.5 Å². The van der Waals surface area contributed by atoms with Crippen molar-refractivity contribution in [2.24, 2.45) is 5.11 Å². The fourth-order valence-corrected chi connectivity index (χ4v) is 5.21. The summed E-state index contributed by atoms with van der Waals surface area (Å²) in [5, 5.41) is 8.17. The lowest BCUT2D eigenvalue weighted by Gasteiger charge is -2.46. The molecular weight excluding hydrogens is 442 g/mol. The summed E-state index contributed by atoms with van der Waals surface area (Å²) in [4.78, 5) is 22.3. The molecule has 2 aliphatic heterocycles. The van der Waals surface area contributed by atoms with Crippen molar-refractivity contribution in [2.75, 3.05) is 25.1 Å². The second-order valence-corrected chi connectivity index (χ2v) is 8.86. The molecular formula is C26H23N7O2. The van der Waals surface area contributed by atoms with Crippen molar-refractivity contribution in [1.29, 1.82) is 0 Å². The van der Waals surface area contributed by atoms with Gasteiger partial charge in [-0.2, -0.15) is 0 Å². The van der Waals surface area contributed by atoms with Gasteiger partial charge in [0.1, 0.15) is 5.75 Å². The molecule has 0 radical (unpaired) electrons. The van der Waals surface area contributed by atoms with E-state index in [4.69, 9.17) is 10.3 Å². The molecule has 6 rings (SSSR count). The number of hydrogen-bond acceptors (Lipinski definition) is 5. The summed E-state index contributed by atoms with van der Waals surface area (Å²) in [5.41, 5.74) is 13.0. The van der Waals surface area contributed by atoms with E-state index in [1.54, 1.807) is 6.20 Å². The van der Waals surface area contributed by atoms with Crippen molar-refractivity contribution in [1.82, 2.24) is 14.5 Å². The smallest absolute Gasteiger partial charge is 0.253 e. The highest BCUT2D eigenvalue weighted by Crippen LogP contribution is 2.44. The van der Waals surface area contributed by atoms with Crippen LogP contribution in [0.3, 0.4) is 0 Å². The van der Waals surface area contributed by atoms with Gasteiger partial charge in [-0.25, -0.2) is 0 Å². The first-order valence-electron chi connectivity index (χ1n) is 11.6. The number of azide groups is 1. The second kappa shape index (κ2) is 8.38. The molecule has 1 spiro atoms. The van der Waals surface area contributed by atoms with E-state index in [2.05, 4.69) is 43.2 Å². The molecule has 9 nitrogen and oxygen atoms in total. The zero-order valence-corrected chi connectivity index (χ0v) is 19.0. The molecule has 1 N–H and O–H groups in total. The molecule has 2 aromatic heterocycles. The van der Waals surface area contributed by atoms with Gasteiger partial charge in [0.2, 0.25) is 0 Å². The summed E-state index contributed by atoms with van der Waals surface area (Å²) in [6, 6.07) is 19.6. The molecule has 0 bridgehead atoms. The van der Waals surface area contributed by atoms with Gasteiger partial charge in [-0.05, 0) is 66.9 Å². The van der Waals surface area contributed by atoms with Gasteiger partial charge in [0.05, 0.1) is 22.4 Å². The first kappa shape index (κ1) is 21.1. The Labute approximate surface area is 201 Å². The van der Waals surface area contributed by atoms with E-state index in [0.717, 1.165) is 35.1 Å². The molecule has 0 unspecified atom stereocenters. The van der Waals surface area contributed by atoms with Crippen molar-refractivity contribution in [2.45, 2.75) is 18.4 Å². The number of nitrogens with one attached hydrogen (secondary N) is 1. The molecule has 1 saturated heterocycles. The number of piperidine rings is 1. The maximum atomic E-state index is 13.3. The number of likely N-dealkylation sites (tertiary alicyclic amines) is 1. The van der Waals surface area contributed by atoms with Crippen LogP contribution < -0.4 is 10.1 Å². The Balaban J connectivity index is 1.24. The molecule has 2 aromatic carbocycles. The fraction of sp³-hybridized carbons (Fsp3) is 0.231. The van der Waals surface area contributed by atoms with Gasteiger partial charge >= 0.3 is 0 Å². The fourth-order valence-electron chi connectivity index (χ4n) is 5.21. The number of ether oxygens (including phenoxy) is 1. The summed E-state index contributed by atoms with van der Waals surface area (Å²) in [6.45, 7) is 1.23. The Hall–Kier alpha value is -4.49. The van der Waals surface area contributed by atoms with Crippen LogP contribution >= 0.6 is 0 Å².